The van der Waals surface area contributed by atoms with Gasteiger partial charge in [-0.15, -0.1) is 11.3 Å². The summed E-state index contributed by atoms with van der Waals surface area (Å²) in [5, 5.41) is 10.5. The van der Waals surface area contributed by atoms with E-state index in [0.29, 0.717) is 26.1 Å². The number of amides is 2. The van der Waals surface area contributed by atoms with Crippen molar-refractivity contribution in [2.75, 3.05) is 26.7 Å². The van der Waals surface area contributed by atoms with Crippen molar-refractivity contribution >= 4 is 23.2 Å². The summed E-state index contributed by atoms with van der Waals surface area (Å²) in [7, 11) is 1.72. The molecule has 0 N–H and O–H groups in total. The molecule has 0 saturated carbocycles. The average molecular weight is 305 g/mol. The van der Waals surface area contributed by atoms with Gasteiger partial charge in [0.05, 0.1) is 23.3 Å². The van der Waals surface area contributed by atoms with Crippen LogP contribution in [-0.4, -0.2) is 48.3 Å². The first kappa shape index (κ1) is 15.5. The van der Waals surface area contributed by atoms with Crippen molar-refractivity contribution in [1.82, 2.24) is 9.80 Å². The molecule has 1 saturated heterocycles. The summed E-state index contributed by atoms with van der Waals surface area (Å²) < 4.78 is 0. The maximum atomic E-state index is 12.3. The van der Waals surface area contributed by atoms with Crippen molar-refractivity contribution < 1.29 is 9.59 Å². The molecule has 1 aromatic heterocycles. The Morgan fingerprint density at radius 3 is 3.05 bits per heavy atom. The minimum Gasteiger partial charge on any atom is -0.344 e. The summed E-state index contributed by atoms with van der Waals surface area (Å²) in [6, 6.07) is 5.72. The van der Waals surface area contributed by atoms with Gasteiger partial charge in [0.1, 0.15) is 0 Å². The zero-order valence-corrected chi connectivity index (χ0v) is 12.9. The van der Waals surface area contributed by atoms with E-state index >= 15 is 0 Å². The van der Waals surface area contributed by atoms with Crippen LogP contribution in [0.4, 0.5) is 0 Å². The van der Waals surface area contributed by atoms with E-state index in [1.54, 1.807) is 16.8 Å². The molecule has 5 nitrogen and oxygen atoms in total. The lowest BCUT2D eigenvalue weighted by Crippen LogP contribution is -2.45. The van der Waals surface area contributed by atoms with Crippen LogP contribution in [-0.2, 0) is 4.79 Å². The summed E-state index contributed by atoms with van der Waals surface area (Å²) in [6.45, 7) is 1.64. The minimum absolute atomic E-state index is 0.0159. The molecule has 0 radical (unpaired) electrons. The van der Waals surface area contributed by atoms with Gasteiger partial charge in [-0.05, 0) is 24.3 Å². The molecule has 112 valence electrons. The zero-order valence-electron chi connectivity index (χ0n) is 12.1. The van der Waals surface area contributed by atoms with E-state index in [-0.39, 0.29) is 17.7 Å². The van der Waals surface area contributed by atoms with Crippen LogP contribution in [0.25, 0.3) is 0 Å². The molecule has 0 aliphatic carbocycles. The van der Waals surface area contributed by atoms with Crippen LogP contribution < -0.4 is 0 Å². The number of carbonyl (C=O) groups is 2. The van der Waals surface area contributed by atoms with Crippen LogP contribution >= 0.6 is 11.3 Å². The molecule has 1 aromatic rings. The standard InChI is InChI=1S/C15H19N3O2S/c1-17(8-4-7-16)14(19)12-5-2-9-18(11-12)15(20)13-6-3-10-21-13/h3,6,10,12H,2,4-5,8-9,11H2,1H3. The molecular formula is C15H19N3O2S. The molecule has 0 aromatic carbocycles. The lowest BCUT2D eigenvalue weighted by molar-refractivity contribution is -0.135. The van der Waals surface area contributed by atoms with Crippen LogP contribution in [0.5, 0.6) is 0 Å². The third-order valence-electron chi connectivity index (χ3n) is 3.73. The fourth-order valence-electron chi connectivity index (χ4n) is 2.56. The highest BCUT2D eigenvalue weighted by Crippen LogP contribution is 2.21. The van der Waals surface area contributed by atoms with E-state index in [2.05, 4.69) is 0 Å². The summed E-state index contributed by atoms with van der Waals surface area (Å²) in [4.78, 5) is 28.8. The third kappa shape index (κ3) is 3.82. The highest BCUT2D eigenvalue weighted by atomic mass is 32.1. The number of carbonyl (C=O) groups excluding carboxylic acids is 2. The molecule has 2 heterocycles. The smallest absolute Gasteiger partial charge is 0.263 e. The third-order valence-corrected chi connectivity index (χ3v) is 4.58. The second-order valence-electron chi connectivity index (χ2n) is 5.24. The highest BCUT2D eigenvalue weighted by Gasteiger charge is 2.30. The normalized spacial score (nSPS) is 18.1. The molecule has 1 unspecified atom stereocenters. The number of nitriles is 1. The van der Waals surface area contributed by atoms with E-state index in [1.165, 1.54) is 11.3 Å². The number of nitrogens with zero attached hydrogens (tertiary/aromatic N) is 3. The fourth-order valence-corrected chi connectivity index (χ4v) is 3.25. The number of hydrogen-bond donors (Lipinski definition) is 0. The first-order chi connectivity index (χ1) is 10.1. The van der Waals surface area contributed by atoms with Crippen LogP contribution in [0.1, 0.15) is 28.9 Å². The molecule has 1 atom stereocenters. The maximum absolute atomic E-state index is 12.3. The predicted octanol–water partition coefficient (Wildman–Crippen LogP) is 1.97. The largest absolute Gasteiger partial charge is 0.344 e. The molecule has 1 aliphatic heterocycles. The van der Waals surface area contributed by atoms with Crippen LogP contribution in [0.3, 0.4) is 0 Å². The predicted molar refractivity (Wildman–Crippen MR) is 80.8 cm³/mol. The van der Waals surface area contributed by atoms with E-state index in [9.17, 15) is 9.59 Å². The van der Waals surface area contributed by atoms with Gasteiger partial charge in [0.2, 0.25) is 5.91 Å². The quantitative estimate of drug-likeness (QED) is 0.854. The van der Waals surface area contributed by atoms with Gasteiger partial charge in [-0.1, -0.05) is 6.07 Å². The second-order valence-corrected chi connectivity index (χ2v) is 6.18. The number of thiophene rings is 1. The topological polar surface area (TPSA) is 64.4 Å². The van der Waals surface area contributed by atoms with Crippen molar-refractivity contribution in [3.63, 3.8) is 0 Å². The monoisotopic (exact) mass is 305 g/mol. The Kier molecular flexibility index (Phi) is 5.34. The Morgan fingerprint density at radius 1 is 1.57 bits per heavy atom. The Bertz CT molecular complexity index is 536. The Morgan fingerprint density at radius 2 is 2.38 bits per heavy atom. The highest BCUT2D eigenvalue weighted by molar-refractivity contribution is 7.12. The van der Waals surface area contributed by atoms with Crippen molar-refractivity contribution in [2.45, 2.75) is 19.3 Å². The molecule has 0 spiro atoms. The molecular weight excluding hydrogens is 286 g/mol. The number of likely N-dealkylation sites (tertiary alicyclic amines) is 1. The van der Waals surface area contributed by atoms with Gasteiger partial charge < -0.3 is 9.80 Å². The number of piperidine rings is 1. The van der Waals surface area contributed by atoms with Crippen molar-refractivity contribution in [2.24, 2.45) is 5.92 Å². The molecule has 0 bridgehead atoms. The van der Waals surface area contributed by atoms with E-state index in [4.69, 9.17) is 5.26 Å². The van der Waals surface area contributed by atoms with Gasteiger partial charge >= 0.3 is 0 Å². The van der Waals surface area contributed by atoms with Crippen LogP contribution in [0.15, 0.2) is 17.5 Å². The van der Waals surface area contributed by atoms with Gasteiger partial charge in [0.25, 0.3) is 5.91 Å². The fraction of sp³-hybridized carbons (Fsp3) is 0.533. The van der Waals surface area contributed by atoms with Crippen LogP contribution in [0, 0.1) is 17.2 Å². The maximum Gasteiger partial charge on any atom is 0.263 e. The van der Waals surface area contributed by atoms with E-state index < -0.39 is 0 Å². The van der Waals surface area contributed by atoms with E-state index in [1.807, 2.05) is 23.6 Å². The molecule has 6 heteroatoms. The summed E-state index contributed by atoms with van der Waals surface area (Å²) in [6.07, 6.45) is 2.00. The summed E-state index contributed by atoms with van der Waals surface area (Å²) >= 11 is 1.43. The molecule has 2 amide bonds. The van der Waals surface area contributed by atoms with Gasteiger partial charge in [0, 0.05) is 26.7 Å². The van der Waals surface area contributed by atoms with E-state index in [0.717, 1.165) is 17.7 Å². The van der Waals surface area contributed by atoms with Crippen molar-refractivity contribution in [3.05, 3.63) is 22.4 Å². The average Bonchev–Trinajstić information content (AvgIpc) is 3.05. The first-order valence-corrected chi connectivity index (χ1v) is 7.96. The number of rotatable bonds is 4. The van der Waals surface area contributed by atoms with Gasteiger partial charge in [-0.25, -0.2) is 0 Å². The van der Waals surface area contributed by atoms with Crippen molar-refractivity contribution in [1.29, 1.82) is 5.26 Å². The summed E-state index contributed by atoms with van der Waals surface area (Å²) in [5.74, 6) is -0.0949. The van der Waals surface area contributed by atoms with Crippen molar-refractivity contribution in [3.8, 4) is 6.07 Å². The Hall–Kier alpha value is -1.87. The summed E-state index contributed by atoms with van der Waals surface area (Å²) in [5.41, 5.74) is 0. The SMILES string of the molecule is CN(CCC#N)C(=O)C1CCCN(C(=O)c2cccs2)C1. The van der Waals surface area contributed by atoms with Crippen LogP contribution in [0.2, 0.25) is 0 Å². The number of hydrogen-bond acceptors (Lipinski definition) is 4. The minimum atomic E-state index is -0.147. The van der Waals surface area contributed by atoms with Gasteiger partial charge in [-0.2, -0.15) is 5.26 Å². The molecule has 2 rings (SSSR count). The first-order valence-electron chi connectivity index (χ1n) is 7.08. The van der Waals surface area contributed by atoms with Gasteiger partial charge in [0.15, 0.2) is 0 Å². The lowest BCUT2D eigenvalue weighted by Gasteiger charge is -2.33. The Labute approximate surface area is 128 Å². The zero-order chi connectivity index (χ0) is 15.2. The molecule has 1 aliphatic rings. The second kappa shape index (κ2) is 7.23. The molecule has 21 heavy (non-hydrogen) atoms. The lowest BCUT2D eigenvalue weighted by atomic mass is 9.96. The molecule has 1 fully saturated rings. The van der Waals surface area contributed by atoms with Gasteiger partial charge in [-0.3, -0.25) is 9.59 Å². The Balaban J connectivity index is 1.96.